The summed E-state index contributed by atoms with van der Waals surface area (Å²) in [4.78, 5) is 26.5. The average molecular weight is 347 g/mol. The monoisotopic (exact) mass is 347 g/mol. The van der Waals surface area contributed by atoms with E-state index in [2.05, 4.69) is 6.92 Å². The molecule has 1 aliphatic rings. The minimum absolute atomic E-state index is 0.00900. The minimum atomic E-state index is -0.107. The van der Waals surface area contributed by atoms with Crippen LogP contribution in [0, 0.1) is 5.92 Å². The number of nitrogens with zero attached hydrogens (tertiary/aromatic N) is 1. The second-order valence-corrected chi connectivity index (χ2v) is 6.53. The normalized spacial score (nSPS) is 15.0. The lowest BCUT2D eigenvalue weighted by molar-refractivity contribution is -0.150. The highest BCUT2D eigenvalue weighted by Crippen LogP contribution is 2.22. The van der Waals surface area contributed by atoms with Gasteiger partial charge in [0.25, 0.3) is 5.91 Å². The number of carbonyl (C=O) groups is 2. The Hall–Kier alpha value is -2.04. The van der Waals surface area contributed by atoms with Gasteiger partial charge in [-0.3, -0.25) is 9.59 Å². The van der Waals surface area contributed by atoms with Gasteiger partial charge in [0.15, 0.2) is 0 Å². The van der Waals surface area contributed by atoms with E-state index in [9.17, 15) is 9.59 Å². The number of carbonyl (C=O) groups excluding carboxylic acids is 2. The van der Waals surface area contributed by atoms with Crippen molar-refractivity contribution in [1.29, 1.82) is 0 Å². The Balaban J connectivity index is 1.76. The third kappa shape index (κ3) is 5.76. The summed E-state index contributed by atoms with van der Waals surface area (Å²) < 4.78 is 10.6. The highest BCUT2D eigenvalue weighted by Gasteiger charge is 2.28. The molecule has 5 heteroatoms. The highest BCUT2D eigenvalue weighted by molar-refractivity contribution is 5.94. The molecule has 0 aromatic heterocycles. The lowest BCUT2D eigenvalue weighted by Crippen LogP contribution is -2.40. The molecule has 0 N–H and O–H groups in total. The summed E-state index contributed by atoms with van der Waals surface area (Å²) in [6, 6.07) is 7.18. The predicted octanol–water partition coefficient (Wildman–Crippen LogP) is 3.67. The maximum Gasteiger partial charge on any atom is 0.309 e. The summed E-state index contributed by atoms with van der Waals surface area (Å²) in [6.07, 6.45) is 5.74. The zero-order valence-electron chi connectivity index (χ0n) is 15.3. The SMILES string of the molecule is CCCCCCOC(=O)C1CCN(C(=O)c2cccc(OC)c2)CC1. The fourth-order valence-corrected chi connectivity index (χ4v) is 3.08. The number of hydrogen-bond donors (Lipinski definition) is 0. The van der Waals surface area contributed by atoms with Crippen molar-refractivity contribution in [3.8, 4) is 5.75 Å². The van der Waals surface area contributed by atoms with Gasteiger partial charge in [-0.15, -0.1) is 0 Å². The molecule has 1 heterocycles. The van der Waals surface area contributed by atoms with Crippen molar-refractivity contribution >= 4 is 11.9 Å². The fourth-order valence-electron chi connectivity index (χ4n) is 3.08. The molecule has 0 unspecified atom stereocenters. The maximum atomic E-state index is 12.6. The van der Waals surface area contributed by atoms with Crippen molar-refractivity contribution in [1.82, 2.24) is 4.90 Å². The van der Waals surface area contributed by atoms with E-state index in [1.54, 1.807) is 24.1 Å². The highest BCUT2D eigenvalue weighted by atomic mass is 16.5. The summed E-state index contributed by atoms with van der Waals surface area (Å²) in [6.45, 7) is 3.85. The molecule has 1 aromatic rings. The summed E-state index contributed by atoms with van der Waals surface area (Å²) in [7, 11) is 1.59. The second kappa shape index (κ2) is 10.1. The molecule has 0 radical (unpaired) electrons. The van der Waals surface area contributed by atoms with E-state index in [0.717, 1.165) is 12.8 Å². The Bertz CT molecular complexity index is 565. The zero-order chi connectivity index (χ0) is 18.1. The Kier molecular flexibility index (Phi) is 7.76. The molecular weight excluding hydrogens is 318 g/mol. The van der Waals surface area contributed by atoms with Crippen LogP contribution in [0.4, 0.5) is 0 Å². The van der Waals surface area contributed by atoms with Crippen LogP contribution in [0.5, 0.6) is 5.75 Å². The van der Waals surface area contributed by atoms with Crippen LogP contribution >= 0.6 is 0 Å². The predicted molar refractivity (Wildman–Crippen MR) is 96.7 cm³/mol. The van der Waals surface area contributed by atoms with E-state index in [4.69, 9.17) is 9.47 Å². The Morgan fingerprint density at radius 2 is 1.92 bits per heavy atom. The van der Waals surface area contributed by atoms with Crippen molar-refractivity contribution in [2.24, 2.45) is 5.92 Å². The number of esters is 1. The molecule has 0 atom stereocenters. The van der Waals surface area contributed by atoms with Gasteiger partial charge in [-0.2, -0.15) is 0 Å². The number of hydrogen-bond acceptors (Lipinski definition) is 4. The van der Waals surface area contributed by atoms with Crippen LogP contribution in [-0.4, -0.2) is 43.6 Å². The number of benzene rings is 1. The van der Waals surface area contributed by atoms with Gasteiger partial charge in [-0.1, -0.05) is 32.3 Å². The van der Waals surface area contributed by atoms with Crippen molar-refractivity contribution < 1.29 is 19.1 Å². The molecule has 1 saturated heterocycles. The lowest BCUT2D eigenvalue weighted by Gasteiger charge is -2.31. The molecule has 1 amide bonds. The number of ether oxygens (including phenoxy) is 2. The molecule has 138 valence electrons. The van der Waals surface area contributed by atoms with Gasteiger partial charge in [0.05, 0.1) is 19.6 Å². The van der Waals surface area contributed by atoms with Crippen LogP contribution in [0.3, 0.4) is 0 Å². The molecule has 25 heavy (non-hydrogen) atoms. The van der Waals surface area contributed by atoms with Gasteiger partial charge in [-0.05, 0) is 37.5 Å². The fraction of sp³-hybridized carbons (Fsp3) is 0.600. The Labute approximate surface area is 150 Å². The largest absolute Gasteiger partial charge is 0.497 e. The van der Waals surface area contributed by atoms with Gasteiger partial charge in [0.2, 0.25) is 0 Å². The van der Waals surface area contributed by atoms with Gasteiger partial charge in [0, 0.05) is 18.7 Å². The number of piperidine rings is 1. The van der Waals surface area contributed by atoms with E-state index in [1.165, 1.54) is 12.8 Å². The number of unbranched alkanes of at least 4 members (excludes halogenated alkanes) is 3. The van der Waals surface area contributed by atoms with E-state index in [1.807, 2.05) is 12.1 Å². The lowest BCUT2D eigenvalue weighted by atomic mass is 9.96. The van der Waals surface area contributed by atoms with Crippen molar-refractivity contribution in [3.05, 3.63) is 29.8 Å². The van der Waals surface area contributed by atoms with Crippen LogP contribution in [0.15, 0.2) is 24.3 Å². The van der Waals surface area contributed by atoms with Crippen LogP contribution in [-0.2, 0) is 9.53 Å². The molecule has 0 bridgehead atoms. The number of methoxy groups -OCH3 is 1. The molecule has 5 nitrogen and oxygen atoms in total. The molecule has 1 aromatic carbocycles. The Morgan fingerprint density at radius 3 is 2.60 bits per heavy atom. The zero-order valence-corrected chi connectivity index (χ0v) is 15.3. The Morgan fingerprint density at radius 1 is 1.16 bits per heavy atom. The van der Waals surface area contributed by atoms with E-state index >= 15 is 0 Å². The second-order valence-electron chi connectivity index (χ2n) is 6.53. The number of amides is 1. The topological polar surface area (TPSA) is 55.8 Å². The van der Waals surface area contributed by atoms with E-state index < -0.39 is 0 Å². The van der Waals surface area contributed by atoms with E-state index in [-0.39, 0.29) is 17.8 Å². The summed E-state index contributed by atoms with van der Waals surface area (Å²) in [5, 5.41) is 0. The first-order valence-corrected chi connectivity index (χ1v) is 9.25. The molecule has 2 rings (SSSR count). The number of rotatable bonds is 8. The third-order valence-electron chi connectivity index (χ3n) is 4.67. The van der Waals surface area contributed by atoms with Crippen LogP contribution < -0.4 is 4.74 Å². The molecule has 1 fully saturated rings. The minimum Gasteiger partial charge on any atom is -0.497 e. The quantitative estimate of drug-likeness (QED) is 0.532. The van der Waals surface area contributed by atoms with Crippen molar-refractivity contribution in [2.75, 3.05) is 26.8 Å². The van der Waals surface area contributed by atoms with Crippen LogP contribution in [0.2, 0.25) is 0 Å². The van der Waals surface area contributed by atoms with Gasteiger partial charge in [-0.25, -0.2) is 0 Å². The molecule has 0 spiro atoms. The van der Waals surface area contributed by atoms with Crippen LogP contribution in [0.25, 0.3) is 0 Å². The maximum absolute atomic E-state index is 12.6. The average Bonchev–Trinajstić information content (AvgIpc) is 2.67. The molecule has 1 aliphatic heterocycles. The summed E-state index contributed by atoms with van der Waals surface area (Å²) >= 11 is 0. The van der Waals surface area contributed by atoms with Gasteiger partial charge < -0.3 is 14.4 Å². The summed E-state index contributed by atoms with van der Waals surface area (Å²) in [5.41, 5.74) is 0.622. The first kappa shape index (κ1) is 19.3. The van der Waals surface area contributed by atoms with Gasteiger partial charge in [0.1, 0.15) is 5.75 Å². The third-order valence-corrected chi connectivity index (χ3v) is 4.67. The van der Waals surface area contributed by atoms with Crippen LogP contribution in [0.1, 0.15) is 55.8 Å². The molecule has 0 aliphatic carbocycles. The number of likely N-dealkylation sites (tertiary alicyclic amines) is 1. The van der Waals surface area contributed by atoms with Crippen molar-refractivity contribution in [2.45, 2.75) is 45.4 Å². The smallest absolute Gasteiger partial charge is 0.309 e. The van der Waals surface area contributed by atoms with Gasteiger partial charge >= 0.3 is 5.97 Å². The summed E-state index contributed by atoms with van der Waals surface area (Å²) in [5.74, 6) is 0.475. The molecule has 0 saturated carbocycles. The first-order chi connectivity index (χ1) is 12.2. The first-order valence-electron chi connectivity index (χ1n) is 9.25. The van der Waals surface area contributed by atoms with Crippen molar-refractivity contribution in [3.63, 3.8) is 0 Å². The molecular formula is C20H29NO4. The standard InChI is InChI=1S/C20H29NO4/c1-3-4-5-6-14-25-20(23)16-10-12-21(13-11-16)19(22)17-8-7-9-18(15-17)24-2/h7-9,15-16H,3-6,10-14H2,1-2H3. The van der Waals surface area contributed by atoms with E-state index in [0.29, 0.717) is 43.9 Å².